The molecule has 0 radical (unpaired) electrons. The van der Waals surface area contributed by atoms with Crippen LogP contribution >= 0.6 is 15.9 Å². The van der Waals surface area contributed by atoms with E-state index >= 15 is 0 Å². The summed E-state index contributed by atoms with van der Waals surface area (Å²) in [6.45, 7) is 4.26. The number of nitrogens with one attached hydrogen (secondary N) is 1. The molecular weight excluding hydrogens is 254 g/mol. The van der Waals surface area contributed by atoms with Crippen LogP contribution in [0.25, 0.3) is 0 Å². The lowest BCUT2D eigenvalue weighted by atomic mass is 9.96. The maximum absolute atomic E-state index is 5.49. The zero-order valence-electron chi connectivity index (χ0n) is 9.14. The molecule has 2 nitrogen and oxygen atoms in total. The van der Waals surface area contributed by atoms with Crippen LogP contribution in [0.1, 0.15) is 23.5 Å². The van der Waals surface area contributed by atoms with Gasteiger partial charge in [-0.15, -0.1) is 0 Å². The summed E-state index contributed by atoms with van der Waals surface area (Å²) < 4.78 is 6.59. The first-order valence-corrected chi connectivity index (χ1v) is 6.07. The zero-order valence-corrected chi connectivity index (χ0v) is 10.7. The van der Waals surface area contributed by atoms with Crippen molar-refractivity contribution in [3.63, 3.8) is 0 Å². The molecule has 1 unspecified atom stereocenters. The number of hydrogen-bond acceptors (Lipinski definition) is 2. The summed E-state index contributed by atoms with van der Waals surface area (Å²) in [5.74, 6) is 1.60. The molecule has 1 N–H and O–H groups in total. The average Bonchev–Trinajstić information content (AvgIpc) is 2.75. The number of halogens is 1. The minimum Gasteiger partial charge on any atom is -0.495 e. The molecule has 0 bridgehead atoms. The predicted molar refractivity (Wildman–Crippen MR) is 65.7 cm³/mol. The Kier molecular flexibility index (Phi) is 3.32. The Labute approximate surface area is 99.1 Å². The number of rotatable bonds is 2. The van der Waals surface area contributed by atoms with E-state index in [4.69, 9.17) is 4.74 Å². The normalized spacial score (nSPS) is 20.6. The minimum absolute atomic E-state index is 0.594. The van der Waals surface area contributed by atoms with E-state index in [1.54, 1.807) is 7.11 Å². The highest BCUT2D eigenvalue weighted by molar-refractivity contribution is 9.10. The SMILES string of the molecule is COc1c(C2CCNC2)ccc(C)c1Br. The molecule has 0 aliphatic carbocycles. The molecule has 0 aromatic heterocycles. The zero-order chi connectivity index (χ0) is 10.8. The van der Waals surface area contributed by atoms with Gasteiger partial charge in [-0.05, 0) is 46.9 Å². The molecule has 1 fully saturated rings. The van der Waals surface area contributed by atoms with Crippen LogP contribution in [-0.2, 0) is 0 Å². The van der Waals surface area contributed by atoms with Gasteiger partial charge in [0, 0.05) is 12.5 Å². The van der Waals surface area contributed by atoms with Crippen LogP contribution in [0, 0.1) is 6.92 Å². The molecule has 2 rings (SSSR count). The standard InChI is InChI=1S/C12H16BrNO/c1-8-3-4-10(9-5-6-14-7-9)12(15-2)11(8)13/h3-4,9,14H,5-7H2,1-2H3. The third-order valence-electron chi connectivity index (χ3n) is 3.02. The molecule has 82 valence electrons. The molecule has 3 heteroatoms. The Balaban J connectivity index is 2.41. The van der Waals surface area contributed by atoms with E-state index in [9.17, 15) is 0 Å². The summed E-state index contributed by atoms with van der Waals surface area (Å²) in [7, 11) is 1.74. The molecule has 15 heavy (non-hydrogen) atoms. The van der Waals surface area contributed by atoms with Crippen LogP contribution in [0.15, 0.2) is 16.6 Å². The molecule has 0 spiro atoms. The van der Waals surface area contributed by atoms with Crippen molar-refractivity contribution in [2.45, 2.75) is 19.3 Å². The second-order valence-electron chi connectivity index (χ2n) is 4.01. The Bertz CT molecular complexity index is 359. The van der Waals surface area contributed by atoms with E-state index < -0.39 is 0 Å². The van der Waals surface area contributed by atoms with Crippen LogP contribution in [0.3, 0.4) is 0 Å². The Morgan fingerprint density at radius 3 is 2.87 bits per heavy atom. The van der Waals surface area contributed by atoms with Gasteiger partial charge in [0.25, 0.3) is 0 Å². The van der Waals surface area contributed by atoms with Gasteiger partial charge in [-0.2, -0.15) is 0 Å². The molecular formula is C12H16BrNO. The van der Waals surface area contributed by atoms with Gasteiger partial charge in [-0.3, -0.25) is 0 Å². The van der Waals surface area contributed by atoms with Crippen LogP contribution in [0.4, 0.5) is 0 Å². The lowest BCUT2D eigenvalue weighted by Crippen LogP contribution is -2.09. The van der Waals surface area contributed by atoms with Crippen LogP contribution in [-0.4, -0.2) is 20.2 Å². The molecule has 1 aromatic rings. The van der Waals surface area contributed by atoms with Gasteiger partial charge in [0.2, 0.25) is 0 Å². The van der Waals surface area contributed by atoms with Crippen molar-refractivity contribution in [3.05, 3.63) is 27.7 Å². The van der Waals surface area contributed by atoms with Gasteiger partial charge in [0.15, 0.2) is 0 Å². The molecule has 0 amide bonds. The highest BCUT2D eigenvalue weighted by Gasteiger charge is 2.21. The van der Waals surface area contributed by atoms with E-state index in [2.05, 4.69) is 40.3 Å². The van der Waals surface area contributed by atoms with Gasteiger partial charge in [-0.1, -0.05) is 12.1 Å². The van der Waals surface area contributed by atoms with E-state index in [1.807, 2.05) is 0 Å². The van der Waals surface area contributed by atoms with Gasteiger partial charge < -0.3 is 10.1 Å². The van der Waals surface area contributed by atoms with Crippen molar-refractivity contribution in [2.24, 2.45) is 0 Å². The fourth-order valence-electron chi connectivity index (χ4n) is 2.12. The highest BCUT2D eigenvalue weighted by Crippen LogP contribution is 2.37. The van der Waals surface area contributed by atoms with E-state index in [1.165, 1.54) is 17.5 Å². The molecule has 1 heterocycles. The first-order valence-electron chi connectivity index (χ1n) is 5.27. The lowest BCUT2D eigenvalue weighted by molar-refractivity contribution is 0.403. The second kappa shape index (κ2) is 4.54. The van der Waals surface area contributed by atoms with E-state index in [0.29, 0.717) is 5.92 Å². The molecule has 1 aromatic carbocycles. The Hall–Kier alpha value is -0.540. The predicted octanol–water partition coefficient (Wildman–Crippen LogP) is 2.84. The molecule has 1 aliphatic rings. The number of methoxy groups -OCH3 is 1. The van der Waals surface area contributed by atoms with Crippen LogP contribution in [0.2, 0.25) is 0 Å². The van der Waals surface area contributed by atoms with Crippen molar-refractivity contribution in [1.82, 2.24) is 5.32 Å². The molecule has 1 saturated heterocycles. The fourth-order valence-corrected chi connectivity index (χ4v) is 2.64. The van der Waals surface area contributed by atoms with Crippen molar-refractivity contribution >= 4 is 15.9 Å². The van der Waals surface area contributed by atoms with Gasteiger partial charge >= 0.3 is 0 Å². The monoisotopic (exact) mass is 269 g/mol. The van der Waals surface area contributed by atoms with E-state index in [0.717, 1.165) is 23.3 Å². The van der Waals surface area contributed by atoms with Crippen molar-refractivity contribution in [1.29, 1.82) is 0 Å². The molecule has 0 saturated carbocycles. The van der Waals surface area contributed by atoms with Gasteiger partial charge in [0.05, 0.1) is 11.6 Å². The third kappa shape index (κ3) is 2.04. The summed E-state index contributed by atoms with van der Waals surface area (Å²) in [6.07, 6.45) is 1.20. The number of aryl methyl sites for hydroxylation is 1. The van der Waals surface area contributed by atoms with E-state index in [-0.39, 0.29) is 0 Å². The number of benzene rings is 1. The number of ether oxygens (including phenoxy) is 1. The third-order valence-corrected chi connectivity index (χ3v) is 4.01. The van der Waals surface area contributed by atoms with Gasteiger partial charge in [0.1, 0.15) is 5.75 Å². The van der Waals surface area contributed by atoms with Crippen molar-refractivity contribution in [2.75, 3.05) is 20.2 Å². The summed E-state index contributed by atoms with van der Waals surface area (Å²) in [5, 5.41) is 3.39. The fraction of sp³-hybridized carbons (Fsp3) is 0.500. The Morgan fingerprint density at radius 1 is 1.47 bits per heavy atom. The first kappa shape index (κ1) is 11.0. The molecule has 1 aliphatic heterocycles. The molecule has 1 atom stereocenters. The summed E-state index contributed by atoms with van der Waals surface area (Å²) in [6, 6.07) is 4.34. The quantitative estimate of drug-likeness (QED) is 0.892. The first-order chi connectivity index (χ1) is 7.24. The summed E-state index contributed by atoms with van der Waals surface area (Å²) in [4.78, 5) is 0. The minimum atomic E-state index is 0.594. The van der Waals surface area contributed by atoms with Crippen LogP contribution in [0.5, 0.6) is 5.75 Å². The van der Waals surface area contributed by atoms with Crippen molar-refractivity contribution in [3.8, 4) is 5.75 Å². The largest absolute Gasteiger partial charge is 0.495 e. The second-order valence-corrected chi connectivity index (χ2v) is 4.80. The lowest BCUT2D eigenvalue weighted by Gasteiger charge is -2.16. The smallest absolute Gasteiger partial charge is 0.136 e. The highest BCUT2D eigenvalue weighted by atomic mass is 79.9. The topological polar surface area (TPSA) is 21.3 Å². The maximum Gasteiger partial charge on any atom is 0.136 e. The average molecular weight is 270 g/mol. The maximum atomic E-state index is 5.49. The Morgan fingerprint density at radius 2 is 2.27 bits per heavy atom. The van der Waals surface area contributed by atoms with Crippen molar-refractivity contribution < 1.29 is 4.74 Å². The van der Waals surface area contributed by atoms with Crippen LogP contribution < -0.4 is 10.1 Å². The summed E-state index contributed by atoms with van der Waals surface area (Å²) >= 11 is 3.59. The summed E-state index contributed by atoms with van der Waals surface area (Å²) in [5.41, 5.74) is 2.54. The van der Waals surface area contributed by atoms with Gasteiger partial charge in [-0.25, -0.2) is 0 Å². The number of hydrogen-bond donors (Lipinski definition) is 1.